The minimum absolute atomic E-state index is 0.0274. The molecule has 1 fully saturated rings. The van der Waals surface area contributed by atoms with E-state index >= 15 is 0 Å². The number of halogens is 1. The first-order valence-electron chi connectivity index (χ1n) is 7.39. The third-order valence-corrected chi connectivity index (χ3v) is 4.78. The fourth-order valence-corrected chi connectivity index (χ4v) is 3.45. The van der Waals surface area contributed by atoms with Gasteiger partial charge in [0.25, 0.3) is 5.56 Å². The first-order chi connectivity index (χ1) is 9.74. The van der Waals surface area contributed by atoms with E-state index in [1.165, 1.54) is 32.1 Å². The summed E-state index contributed by atoms with van der Waals surface area (Å²) in [7, 11) is 0. The largest absolute Gasteiger partial charge is 0.274 e. The van der Waals surface area contributed by atoms with Gasteiger partial charge >= 0.3 is 0 Å². The van der Waals surface area contributed by atoms with Crippen LogP contribution < -0.4 is 5.56 Å². The zero-order valence-electron chi connectivity index (χ0n) is 11.5. The van der Waals surface area contributed by atoms with Crippen LogP contribution in [0.5, 0.6) is 0 Å². The minimum atomic E-state index is 0.0274. The Hall–Kier alpha value is -1.16. The molecule has 2 aromatic rings. The van der Waals surface area contributed by atoms with Gasteiger partial charge in [0.2, 0.25) is 0 Å². The van der Waals surface area contributed by atoms with E-state index in [2.05, 4.69) is 21.0 Å². The molecule has 0 radical (unpaired) electrons. The van der Waals surface area contributed by atoms with Gasteiger partial charge in [0.15, 0.2) is 0 Å². The quantitative estimate of drug-likeness (QED) is 0.845. The summed E-state index contributed by atoms with van der Waals surface area (Å²) in [5.74, 6) is 0.774. The van der Waals surface area contributed by atoms with Gasteiger partial charge in [-0.1, -0.05) is 54.1 Å². The monoisotopic (exact) mass is 334 g/mol. The molecular formula is C16H19BrN2O. The Bertz CT molecular complexity index is 659. The summed E-state index contributed by atoms with van der Waals surface area (Å²) in [6, 6.07) is 5.76. The molecule has 1 heterocycles. The van der Waals surface area contributed by atoms with E-state index in [4.69, 9.17) is 0 Å². The number of fused-ring (bicyclic) bond motifs is 1. The topological polar surface area (TPSA) is 34.9 Å². The molecule has 1 aliphatic rings. The van der Waals surface area contributed by atoms with Crippen molar-refractivity contribution in [3.63, 3.8) is 0 Å². The molecule has 3 rings (SSSR count). The number of hydrogen-bond donors (Lipinski definition) is 0. The molecule has 1 saturated carbocycles. The third-order valence-electron chi connectivity index (χ3n) is 4.29. The van der Waals surface area contributed by atoms with Crippen LogP contribution in [-0.4, -0.2) is 9.78 Å². The lowest BCUT2D eigenvalue weighted by Gasteiger charge is -2.21. The summed E-state index contributed by atoms with van der Waals surface area (Å²) in [6.07, 6.45) is 9.56. The average molecular weight is 335 g/mol. The normalized spacial score (nSPS) is 16.6. The van der Waals surface area contributed by atoms with Gasteiger partial charge in [-0.05, 0) is 24.5 Å². The highest BCUT2D eigenvalue weighted by Crippen LogP contribution is 2.26. The molecule has 4 heteroatoms. The highest BCUT2D eigenvalue weighted by atomic mass is 79.9. The second-order valence-electron chi connectivity index (χ2n) is 5.70. The van der Waals surface area contributed by atoms with Crippen molar-refractivity contribution in [2.75, 3.05) is 0 Å². The molecule has 0 saturated heterocycles. The maximum absolute atomic E-state index is 12.4. The first kappa shape index (κ1) is 13.8. The molecule has 3 nitrogen and oxygen atoms in total. The van der Waals surface area contributed by atoms with Crippen molar-refractivity contribution < 1.29 is 0 Å². The molecule has 0 amide bonds. The number of nitrogens with zero attached hydrogens (tertiary/aromatic N) is 2. The van der Waals surface area contributed by atoms with Crippen LogP contribution >= 0.6 is 15.9 Å². The number of hydrogen-bond acceptors (Lipinski definition) is 2. The summed E-state index contributed by atoms with van der Waals surface area (Å²) in [5.41, 5.74) is 0.0274. The van der Waals surface area contributed by atoms with Gasteiger partial charge in [0.05, 0.1) is 11.6 Å². The Morgan fingerprint density at radius 1 is 1.25 bits per heavy atom. The fraction of sp³-hybridized carbons (Fsp3) is 0.500. The highest BCUT2D eigenvalue weighted by molar-refractivity contribution is 9.10. The lowest BCUT2D eigenvalue weighted by Crippen LogP contribution is -2.24. The van der Waals surface area contributed by atoms with Gasteiger partial charge in [-0.2, -0.15) is 5.10 Å². The van der Waals surface area contributed by atoms with Crippen molar-refractivity contribution in [3.8, 4) is 0 Å². The Morgan fingerprint density at radius 2 is 2.05 bits per heavy atom. The van der Waals surface area contributed by atoms with Crippen molar-refractivity contribution in [1.29, 1.82) is 0 Å². The Labute approximate surface area is 127 Å². The Balaban J connectivity index is 1.81. The van der Waals surface area contributed by atoms with E-state index in [-0.39, 0.29) is 5.56 Å². The van der Waals surface area contributed by atoms with Crippen LogP contribution in [0.2, 0.25) is 0 Å². The number of rotatable bonds is 3. The Kier molecular flexibility index (Phi) is 4.20. The van der Waals surface area contributed by atoms with Crippen molar-refractivity contribution in [2.45, 2.75) is 45.1 Å². The zero-order chi connectivity index (χ0) is 13.9. The second-order valence-corrected chi connectivity index (χ2v) is 6.61. The van der Waals surface area contributed by atoms with Crippen LogP contribution in [0.1, 0.15) is 38.5 Å². The molecule has 1 aromatic carbocycles. The lowest BCUT2D eigenvalue weighted by molar-refractivity contribution is 0.316. The molecule has 1 aromatic heterocycles. The van der Waals surface area contributed by atoms with E-state index in [0.717, 1.165) is 34.1 Å². The number of aromatic nitrogens is 2. The number of aryl methyl sites for hydroxylation is 1. The third kappa shape index (κ3) is 2.95. The molecule has 20 heavy (non-hydrogen) atoms. The molecule has 0 N–H and O–H groups in total. The molecule has 0 bridgehead atoms. The summed E-state index contributed by atoms with van der Waals surface area (Å²) in [4.78, 5) is 12.4. The first-order valence-corrected chi connectivity index (χ1v) is 8.19. The molecule has 0 atom stereocenters. The van der Waals surface area contributed by atoms with Crippen LogP contribution in [0.15, 0.2) is 33.7 Å². The number of benzene rings is 1. The van der Waals surface area contributed by atoms with Crippen molar-refractivity contribution in [1.82, 2.24) is 9.78 Å². The van der Waals surface area contributed by atoms with Crippen LogP contribution in [-0.2, 0) is 6.54 Å². The SMILES string of the molecule is O=c1c2cc(Br)ccc2cnn1CCC1CCCCC1. The van der Waals surface area contributed by atoms with Crippen molar-refractivity contribution in [2.24, 2.45) is 5.92 Å². The standard InChI is InChI=1S/C16H19BrN2O/c17-14-7-6-13-11-18-19(16(20)15(13)10-14)9-8-12-4-2-1-3-5-12/h6-7,10-12H,1-5,8-9H2. The molecule has 0 unspecified atom stereocenters. The maximum atomic E-state index is 12.4. The van der Waals surface area contributed by atoms with Crippen LogP contribution in [0.25, 0.3) is 10.8 Å². The Morgan fingerprint density at radius 3 is 2.85 bits per heavy atom. The summed E-state index contributed by atoms with van der Waals surface area (Å²) >= 11 is 3.42. The van der Waals surface area contributed by atoms with Gasteiger partial charge in [0, 0.05) is 16.4 Å². The molecule has 1 aliphatic carbocycles. The molecular weight excluding hydrogens is 316 g/mol. The maximum Gasteiger partial charge on any atom is 0.274 e. The summed E-state index contributed by atoms with van der Waals surface area (Å²) in [5, 5.41) is 5.97. The fourth-order valence-electron chi connectivity index (χ4n) is 3.09. The van der Waals surface area contributed by atoms with Gasteiger partial charge < -0.3 is 0 Å². The minimum Gasteiger partial charge on any atom is -0.267 e. The zero-order valence-corrected chi connectivity index (χ0v) is 13.1. The van der Waals surface area contributed by atoms with E-state index in [0.29, 0.717) is 0 Å². The van der Waals surface area contributed by atoms with Crippen LogP contribution in [0.3, 0.4) is 0 Å². The van der Waals surface area contributed by atoms with Gasteiger partial charge in [-0.3, -0.25) is 4.79 Å². The van der Waals surface area contributed by atoms with Crippen LogP contribution in [0, 0.1) is 5.92 Å². The second kappa shape index (κ2) is 6.08. The van der Waals surface area contributed by atoms with Gasteiger partial charge in [0.1, 0.15) is 0 Å². The predicted molar refractivity (Wildman–Crippen MR) is 84.9 cm³/mol. The van der Waals surface area contributed by atoms with Crippen molar-refractivity contribution in [3.05, 3.63) is 39.2 Å². The molecule has 106 valence electrons. The van der Waals surface area contributed by atoms with E-state index < -0.39 is 0 Å². The van der Waals surface area contributed by atoms with Gasteiger partial charge in [-0.15, -0.1) is 0 Å². The molecule has 0 spiro atoms. The predicted octanol–water partition coefficient (Wildman–Crippen LogP) is 4.13. The lowest BCUT2D eigenvalue weighted by atomic mass is 9.87. The smallest absolute Gasteiger partial charge is 0.267 e. The summed E-state index contributed by atoms with van der Waals surface area (Å²) in [6.45, 7) is 0.742. The van der Waals surface area contributed by atoms with Gasteiger partial charge in [-0.25, -0.2) is 4.68 Å². The highest BCUT2D eigenvalue weighted by Gasteiger charge is 2.14. The van der Waals surface area contributed by atoms with Crippen LogP contribution in [0.4, 0.5) is 0 Å². The summed E-state index contributed by atoms with van der Waals surface area (Å²) < 4.78 is 2.57. The van der Waals surface area contributed by atoms with E-state index in [1.54, 1.807) is 10.9 Å². The van der Waals surface area contributed by atoms with Crippen molar-refractivity contribution >= 4 is 26.7 Å². The molecule has 0 aliphatic heterocycles. The van der Waals surface area contributed by atoms with E-state index in [9.17, 15) is 4.79 Å². The van der Waals surface area contributed by atoms with E-state index in [1.807, 2.05) is 18.2 Å². The average Bonchev–Trinajstić information content (AvgIpc) is 2.48.